The Morgan fingerprint density at radius 3 is 1.89 bits per heavy atom. The Kier molecular flexibility index (Phi) is 18.4. The fourth-order valence-corrected chi connectivity index (χ4v) is 2.05. The van der Waals surface area contributed by atoms with Gasteiger partial charge < -0.3 is 4.90 Å². The SMILES string of the molecule is CC.CC.CCc1nccs1.CN1CCCCC1. The summed E-state index contributed by atoms with van der Waals surface area (Å²) in [5.74, 6) is 0. The van der Waals surface area contributed by atoms with E-state index >= 15 is 0 Å². The van der Waals surface area contributed by atoms with Crippen molar-refractivity contribution in [3.05, 3.63) is 16.6 Å². The zero-order valence-electron chi connectivity index (χ0n) is 13.2. The van der Waals surface area contributed by atoms with Crippen molar-refractivity contribution in [2.24, 2.45) is 0 Å². The van der Waals surface area contributed by atoms with E-state index in [1.54, 1.807) is 11.3 Å². The maximum Gasteiger partial charge on any atom is 0.0922 e. The van der Waals surface area contributed by atoms with E-state index in [4.69, 9.17) is 0 Å². The van der Waals surface area contributed by atoms with Crippen LogP contribution in [-0.2, 0) is 6.42 Å². The zero-order valence-corrected chi connectivity index (χ0v) is 14.0. The van der Waals surface area contributed by atoms with Gasteiger partial charge in [-0.15, -0.1) is 11.3 Å². The van der Waals surface area contributed by atoms with Gasteiger partial charge in [-0.25, -0.2) is 4.98 Å². The Labute approximate surface area is 118 Å². The smallest absolute Gasteiger partial charge is 0.0922 e. The third-order valence-corrected chi connectivity index (χ3v) is 3.29. The van der Waals surface area contributed by atoms with Gasteiger partial charge in [0, 0.05) is 11.6 Å². The number of hydrogen-bond donors (Lipinski definition) is 0. The molecule has 0 spiro atoms. The molecule has 1 aliphatic heterocycles. The molecule has 1 aliphatic rings. The summed E-state index contributed by atoms with van der Waals surface area (Å²) in [5, 5.41) is 3.22. The van der Waals surface area contributed by atoms with E-state index in [0.717, 1.165) is 6.42 Å². The highest BCUT2D eigenvalue weighted by Gasteiger charge is 2.02. The second-order valence-corrected chi connectivity index (χ2v) is 4.62. The average molecular weight is 273 g/mol. The van der Waals surface area contributed by atoms with E-state index in [-0.39, 0.29) is 0 Å². The van der Waals surface area contributed by atoms with Crippen LogP contribution >= 0.6 is 11.3 Å². The van der Waals surface area contributed by atoms with Gasteiger partial charge in [0.25, 0.3) is 0 Å². The topological polar surface area (TPSA) is 16.1 Å². The van der Waals surface area contributed by atoms with Gasteiger partial charge in [0.1, 0.15) is 0 Å². The lowest BCUT2D eigenvalue weighted by Gasteiger charge is -2.20. The molecule has 0 saturated carbocycles. The van der Waals surface area contributed by atoms with Gasteiger partial charge in [-0.05, 0) is 39.4 Å². The molecule has 0 amide bonds. The largest absolute Gasteiger partial charge is 0.306 e. The normalized spacial score (nSPS) is 14.1. The lowest BCUT2D eigenvalue weighted by Crippen LogP contribution is -2.24. The van der Waals surface area contributed by atoms with Crippen molar-refractivity contribution in [3.8, 4) is 0 Å². The van der Waals surface area contributed by atoms with Gasteiger partial charge in [0.15, 0.2) is 0 Å². The standard InChI is InChI=1S/C6H13N.C5H7NS.2C2H6/c1-7-5-3-2-4-6-7;1-2-5-6-3-4-7-5;2*1-2/h2-6H2,1H3;3-4H,2H2,1H3;2*1-2H3. The number of thiazole rings is 1. The molecule has 2 rings (SSSR count). The summed E-state index contributed by atoms with van der Waals surface area (Å²) in [6.07, 6.45) is 7.18. The Morgan fingerprint density at radius 2 is 1.67 bits per heavy atom. The summed E-state index contributed by atoms with van der Waals surface area (Å²) >= 11 is 1.71. The zero-order chi connectivity index (χ0) is 14.2. The van der Waals surface area contributed by atoms with Crippen molar-refractivity contribution >= 4 is 11.3 Å². The number of rotatable bonds is 1. The maximum atomic E-state index is 4.05. The van der Waals surface area contributed by atoms with Crippen LogP contribution in [-0.4, -0.2) is 30.0 Å². The van der Waals surface area contributed by atoms with Crippen LogP contribution in [0.1, 0.15) is 58.9 Å². The first-order chi connectivity index (χ1) is 8.83. The molecule has 0 aliphatic carbocycles. The first-order valence-corrected chi connectivity index (χ1v) is 8.27. The molecule has 1 aromatic heterocycles. The highest BCUT2D eigenvalue weighted by atomic mass is 32.1. The van der Waals surface area contributed by atoms with Gasteiger partial charge >= 0.3 is 0 Å². The van der Waals surface area contributed by atoms with Crippen molar-refractivity contribution in [1.82, 2.24) is 9.88 Å². The summed E-state index contributed by atoms with van der Waals surface area (Å²) < 4.78 is 0. The summed E-state index contributed by atoms with van der Waals surface area (Å²) in [6, 6.07) is 0. The maximum absolute atomic E-state index is 4.05. The predicted molar refractivity (Wildman–Crippen MR) is 85.5 cm³/mol. The lowest BCUT2D eigenvalue weighted by atomic mass is 10.1. The molecule has 2 nitrogen and oxygen atoms in total. The van der Waals surface area contributed by atoms with Crippen LogP contribution in [0.4, 0.5) is 0 Å². The van der Waals surface area contributed by atoms with Crippen LogP contribution in [0.5, 0.6) is 0 Å². The van der Waals surface area contributed by atoms with Crippen LogP contribution in [0.15, 0.2) is 11.6 Å². The summed E-state index contributed by atoms with van der Waals surface area (Å²) in [5.41, 5.74) is 0. The number of aryl methyl sites for hydroxylation is 1. The summed E-state index contributed by atoms with van der Waals surface area (Å²) in [6.45, 7) is 12.7. The fourth-order valence-electron chi connectivity index (χ4n) is 1.48. The van der Waals surface area contributed by atoms with Crippen molar-refractivity contribution in [2.45, 2.75) is 60.3 Å². The van der Waals surface area contributed by atoms with Crippen LogP contribution in [0, 0.1) is 0 Å². The first-order valence-electron chi connectivity index (χ1n) is 7.40. The second kappa shape index (κ2) is 16.6. The van der Waals surface area contributed by atoms with Gasteiger partial charge in [0.05, 0.1) is 5.01 Å². The fraction of sp³-hybridized carbons (Fsp3) is 0.800. The Balaban J connectivity index is 0. The Morgan fingerprint density at radius 1 is 1.11 bits per heavy atom. The molecule has 1 aromatic rings. The van der Waals surface area contributed by atoms with E-state index in [0.29, 0.717) is 0 Å². The molecule has 0 bridgehead atoms. The molecule has 0 unspecified atom stereocenters. The minimum absolute atomic E-state index is 1.07. The first kappa shape index (κ1) is 19.9. The predicted octanol–water partition coefficient (Wildman–Crippen LogP) is 4.86. The Hall–Kier alpha value is -0.410. The van der Waals surface area contributed by atoms with Crippen molar-refractivity contribution < 1.29 is 0 Å². The molecule has 1 fully saturated rings. The number of nitrogens with zero attached hydrogens (tertiary/aromatic N) is 2. The Bertz CT molecular complexity index is 216. The molecule has 0 N–H and O–H groups in total. The van der Waals surface area contributed by atoms with Gasteiger partial charge in [-0.2, -0.15) is 0 Å². The lowest BCUT2D eigenvalue weighted by molar-refractivity contribution is 0.277. The quantitative estimate of drug-likeness (QED) is 0.726. The molecule has 1 saturated heterocycles. The van der Waals surface area contributed by atoms with Crippen LogP contribution in [0.2, 0.25) is 0 Å². The number of hydrogen-bond acceptors (Lipinski definition) is 3. The monoisotopic (exact) mass is 272 g/mol. The third kappa shape index (κ3) is 12.1. The van der Waals surface area contributed by atoms with E-state index in [2.05, 4.69) is 23.9 Å². The van der Waals surface area contributed by atoms with Gasteiger partial charge in [0.2, 0.25) is 0 Å². The average Bonchev–Trinajstić information content (AvgIpc) is 2.98. The van der Waals surface area contributed by atoms with Crippen LogP contribution < -0.4 is 0 Å². The van der Waals surface area contributed by atoms with Crippen LogP contribution in [0.25, 0.3) is 0 Å². The number of aromatic nitrogens is 1. The molecule has 2 heterocycles. The third-order valence-electron chi connectivity index (χ3n) is 2.37. The molecule has 0 aromatic carbocycles. The minimum Gasteiger partial charge on any atom is -0.306 e. The van der Waals surface area contributed by atoms with Gasteiger partial charge in [-0.3, -0.25) is 0 Å². The molecule has 0 radical (unpaired) electrons. The number of likely N-dealkylation sites (tertiary alicyclic amines) is 1. The molecule has 108 valence electrons. The molecule has 18 heavy (non-hydrogen) atoms. The van der Waals surface area contributed by atoms with Gasteiger partial charge in [-0.1, -0.05) is 41.0 Å². The van der Waals surface area contributed by atoms with E-state index < -0.39 is 0 Å². The summed E-state index contributed by atoms with van der Waals surface area (Å²) in [7, 11) is 2.19. The molecular weight excluding hydrogens is 240 g/mol. The van der Waals surface area contributed by atoms with Crippen LogP contribution in [0.3, 0.4) is 0 Å². The molecule has 3 heteroatoms. The highest BCUT2D eigenvalue weighted by Crippen LogP contribution is 2.04. The molecule has 0 atom stereocenters. The summed E-state index contributed by atoms with van der Waals surface area (Å²) in [4.78, 5) is 6.45. The van der Waals surface area contributed by atoms with Crippen molar-refractivity contribution in [3.63, 3.8) is 0 Å². The highest BCUT2D eigenvalue weighted by molar-refractivity contribution is 7.09. The van der Waals surface area contributed by atoms with Crippen molar-refractivity contribution in [2.75, 3.05) is 20.1 Å². The molecular formula is C15H32N2S. The van der Waals surface area contributed by atoms with E-state index in [9.17, 15) is 0 Å². The van der Waals surface area contributed by atoms with E-state index in [1.165, 1.54) is 37.4 Å². The number of piperidine rings is 1. The van der Waals surface area contributed by atoms with Crippen molar-refractivity contribution in [1.29, 1.82) is 0 Å². The second-order valence-electron chi connectivity index (χ2n) is 3.64. The van der Waals surface area contributed by atoms with E-state index in [1.807, 2.05) is 39.3 Å². The minimum atomic E-state index is 1.07.